The third-order valence-electron chi connectivity index (χ3n) is 5.48. The van der Waals surface area contributed by atoms with Crippen LogP contribution in [-0.4, -0.2) is 49.2 Å². The van der Waals surface area contributed by atoms with Gasteiger partial charge in [0.25, 0.3) is 0 Å². The minimum atomic E-state index is -1.10. The Bertz CT molecular complexity index is 930. The average Bonchev–Trinajstić information content (AvgIpc) is 2.77. The molecule has 0 saturated heterocycles. The average molecular weight is 443 g/mol. The van der Waals surface area contributed by atoms with E-state index in [1.54, 1.807) is 21.3 Å². The van der Waals surface area contributed by atoms with E-state index >= 15 is 0 Å². The van der Waals surface area contributed by atoms with Gasteiger partial charge in [-0.15, -0.1) is 0 Å². The molecule has 168 valence electrons. The number of hydrogen-bond acceptors (Lipinski definition) is 5. The fourth-order valence-corrected chi connectivity index (χ4v) is 4.38. The summed E-state index contributed by atoms with van der Waals surface area (Å²) < 4.78 is 28.6. The van der Waals surface area contributed by atoms with Gasteiger partial charge >= 0.3 is 0 Å². The summed E-state index contributed by atoms with van der Waals surface area (Å²) in [6, 6.07) is 13.1. The predicted octanol–water partition coefficient (Wildman–Crippen LogP) is 5.76. The first kappa shape index (κ1) is 23.2. The minimum absolute atomic E-state index is 0.465. The van der Waals surface area contributed by atoms with Gasteiger partial charge in [-0.3, -0.25) is 0 Å². The summed E-state index contributed by atoms with van der Waals surface area (Å²) in [5, 5.41) is 0. The maximum Gasteiger partial charge on any atom is 0.131 e. The molecule has 1 aliphatic rings. The Kier molecular flexibility index (Phi) is 7.67. The molecule has 3 rings (SSSR count). The highest BCUT2D eigenvalue weighted by molar-refractivity contribution is 6.76. The zero-order chi connectivity index (χ0) is 22.4. The Morgan fingerprint density at radius 3 is 2.16 bits per heavy atom. The highest BCUT2D eigenvalue weighted by atomic mass is 28.3. The van der Waals surface area contributed by atoms with Gasteiger partial charge in [-0.1, -0.05) is 19.6 Å². The zero-order valence-corrected chi connectivity index (χ0v) is 20.5. The maximum atomic E-state index is 6.13. The second-order valence-electron chi connectivity index (χ2n) is 8.85. The van der Waals surface area contributed by atoms with Crippen molar-refractivity contribution in [1.29, 1.82) is 0 Å². The first-order valence-corrected chi connectivity index (χ1v) is 14.4. The summed E-state index contributed by atoms with van der Waals surface area (Å²) in [7, 11) is 3.90. The van der Waals surface area contributed by atoms with Crippen LogP contribution in [0.4, 0.5) is 0 Å². The lowest BCUT2D eigenvalue weighted by atomic mass is 9.90. The Labute approximate surface area is 186 Å². The highest BCUT2D eigenvalue weighted by Crippen LogP contribution is 2.43. The Morgan fingerprint density at radius 2 is 1.52 bits per heavy atom. The highest BCUT2D eigenvalue weighted by Gasteiger charge is 2.24. The van der Waals surface area contributed by atoms with Gasteiger partial charge in [-0.05, 0) is 42.3 Å². The van der Waals surface area contributed by atoms with Crippen LogP contribution in [0, 0.1) is 0 Å². The van der Waals surface area contributed by atoms with Crippen molar-refractivity contribution in [3.8, 4) is 23.0 Å². The third-order valence-corrected chi connectivity index (χ3v) is 7.18. The molecule has 0 saturated carbocycles. The number of ether oxygens (including phenoxy) is 5. The number of fused-ring (bicyclic) bond motifs is 1. The van der Waals surface area contributed by atoms with Crippen molar-refractivity contribution in [2.45, 2.75) is 32.1 Å². The van der Waals surface area contributed by atoms with Gasteiger partial charge in [-0.2, -0.15) is 0 Å². The minimum Gasteiger partial charge on any atom is -0.497 e. The molecule has 0 radical (unpaired) electrons. The van der Waals surface area contributed by atoms with Crippen LogP contribution in [0.5, 0.6) is 23.0 Å². The first-order valence-electron chi connectivity index (χ1n) is 10.7. The van der Waals surface area contributed by atoms with E-state index in [2.05, 4.69) is 25.7 Å². The van der Waals surface area contributed by atoms with Crippen LogP contribution in [0.1, 0.15) is 17.5 Å². The molecule has 2 aromatic carbocycles. The van der Waals surface area contributed by atoms with Crippen molar-refractivity contribution < 1.29 is 23.7 Å². The zero-order valence-electron chi connectivity index (χ0n) is 19.5. The number of benzene rings is 2. The number of rotatable bonds is 10. The molecule has 0 bridgehead atoms. The normalized spacial score (nSPS) is 13.5. The molecule has 0 amide bonds. The second kappa shape index (κ2) is 10.2. The molecule has 2 aromatic rings. The summed E-state index contributed by atoms with van der Waals surface area (Å²) in [5.74, 6) is 3.16. The van der Waals surface area contributed by atoms with E-state index in [1.807, 2.05) is 30.3 Å². The van der Waals surface area contributed by atoms with Gasteiger partial charge in [0, 0.05) is 43.5 Å². The molecule has 0 unspecified atom stereocenters. The second-order valence-corrected chi connectivity index (χ2v) is 14.5. The lowest BCUT2D eigenvalue weighted by molar-refractivity contribution is 0.153. The molecular formula is C25H34O5Si. The molecule has 1 heterocycles. The van der Waals surface area contributed by atoms with E-state index in [9.17, 15) is 0 Å². The van der Waals surface area contributed by atoms with Crippen LogP contribution < -0.4 is 18.9 Å². The van der Waals surface area contributed by atoms with Crippen LogP contribution >= 0.6 is 0 Å². The van der Waals surface area contributed by atoms with E-state index in [4.69, 9.17) is 23.7 Å². The fourth-order valence-electron chi connectivity index (χ4n) is 3.63. The molecule has 0 N–H and O–H groups in total. The Balaban J connectivity index is 1.94. The van der Waals surface area contributed by atoms with Gasteiger partial charge in [0.2, 0.25) is 0 Å². The third kappa shape index (κ3) is 5.83. The SMILES string of the molecule is COc1ccc(C2=C(CCOCC[Si](C)(C)C)c3ccc(OC)cc3OC2)c(OC)c1. The molecule has 0 aromatic heterocycles. The van der Waals surface area contributed by atoms with Crippen molar-refractivity contribution in [3.63, 3.8) is 0 Å². The molecule has 0 fully saturated rings. The van der Waals surface area contributed by atoms with Crippen molar-refractivity contribution in [1.82, 2.24) is 0 Å². The largest absolute Gasteiger partial charge is 0.497 e. The molecule has 0 atom stereocenters. The Morgan fingerprint density at radius 1 is 0.839 bits per heavy atom. The van der Waals surface area contributed by atoms with Gasteiger partial charge in [0.05, 0.1) is 27.9 Å². The molecular weight excluding hydrogens is 408 g/mol. The molecule has 1 aliphatic heterocycles. The van der Waals surface area contributed by atoms with Crippen LogP contribution in [0.3, 0.4) is 0 Å². The van der Waals surface area contributed by atoms with Crippen molar-refractivity contribution in [2.24, 2.45) is 0 Å². The standard InChI is InChI=1S/C25H34O5Si/c1-26-18-8-10-22(24(15-18)28-3)23-17-30-25-16-19(27-2)7-9-21(25)20(23)11-12-29-13-14-31(4,5)6/h7-10,15-16H,11-14,17H2,1-6H3. The number of hydrogen-bond donors (Lipinski definition) is 0. The fraction of sp³-hybridized carbons (Fsp3) is 0.440. The summed E-state index contributed by atoms with van der Waals surface area (Å²) in [4.78, 5) is 0. The van der Waals surface area contributed by atoms with Crippen LogP contribution in [0.15, 0.2) is 36.4 Å². The smallest absolute Gasteiger partial charge is 0.131 e. The molecule has 5 nitrogen and oxygen atoms in total. The van der Waals surface area contributed by atoms with Crippen LogP contribution in [-0.2, 0) is 4.74 Å². The van der Waals surface area contributed by atoms with Crippen molar-refractivity contribution in [2.75, 3.05) is 41.2 Å². The van der Waals surface area contributed by atoms with Gasteiger partial charge in [0.1, 0.15) is 29.6 Å². The maximum absolute atomic E-state index is 6.13. The summed E-state index contributed by atoms with van der Waals surface area (Å²) in [6.45, 7) is 9.07. The molecule has 0 spiro atoms. The van der Waals surface area contributed by atoms with E-state index in [-0.39, 0.29) is 0 Å². The van der Waals surface area contributed by atoms with Gasteiger partial charge in [-0.25, -0.2) is 0 Å². The predicted molar refractivity (Wildman–Crippen MR) is 128 cm³/mol. The van der Waals surface area contributed by atoms with Crippen LogP contribution in [0.25, 0.3) is 11.1 Å². The number of methoxy groups -OCH3 is 3. The van der Waals surface area contributed by atoms with E-state index in [0.29, 0.717) is 13.2 Å². The lowest BCUT2D eigenvalue weighted by Gasteiger charge is -2.26. The summed E-state index contributed by atoms with van der Waals surface area (Å²) >= 11 is 0. The van der Waals surface area contributed by atoms with Crippen molar-refractivity contribution in [3.05, 3.63) is 47.5 Å². The van der Waals surface area contributed by atoms with Crippen molar-refractivity contribution >= 4 is 19.2 Å². The molecule has 0 aliphatic carbocycles. The van der Waals surface area contributed by atoms with Gasteiger partial charge < -0.3 is 23.7 Å². The first-order chi connectivity index (χ1) is 14.9. The molecule has 6 heteroatoms. The van der Waals surface area contributed by atoms with E-state index in [0.717, 1.165) is 52.7 Å². The van der Waals surface area contributed by atoms with Gasteiger partial charge in [0.15, 0.2) is 0 Å². The van der Waals surface area contributed by atoms with Crippen LogP contribution in [0.2, 0.25) is 25.7 Å². The Hall–Kier alpha value is -2.44. The molecule has 31 heavy (non-hydrogen) atoms. The van der Waals surface area contributed by atoms with E-state index in [1.165, 1.54) is 11.6 Å². The summed E-state index contributed by atoms with van der Waals surface area (Å²) in [5.41, 5.74) is 4.43. The van der Waals surface area contributed by atoms with E-state index < -0.39 is 8.07 Å². The lowest BCUT2D eigenvalue weighted by Crippen LogP contribution is -2.21. The monoisotopic (exact) mass is 442 g/mol. The summed E-state index contributed by atoms with van der Waals surface area (Å²) in [6.07, 6.45) is 0.804. The topological polar surface area (TPSA) is 46.2 Å². The quantitative estimate of drug-likeness (QED) is 0.346.